The maximum Gasteiger partial charge on any atom is 0.246 e. The number of rotatable bonds is 4. The fraction of sp³-hybridized carbons (Fsp3) is 0.538. The molecule has 1 aliphatic heterocycles. The van der Waals surface area contributed by atoms with Gasteiger partial charge in [-0.1, -0.05) is 0 Å². The van der Waals surface area contributed by atoms with Gasteiger partial charge >= 0.3 is 0 Å². The van der Waals surface area contributed by atoms with Crippen molar-refractivity contribution in [1.82, 2.24) is 4.31 Å². The van der Waals surface area contributed by atoms with Gasteiger partial charge in [0, 0.05) is 25.2 Å². The van der Waals surface area contributed by atoms with Gasteiger partial charge in [0.2, 0.25) is 10.0 Å². The maximum absolute atomic E-state index is 12.7. The van der Waals surface area contributed by atoms with Crippen molar-refractivity contribution < 1.29 is 17.9 Å². The number of sulfonamides is 1. The first-order valence-electron chi connectivity index (χ1n) is 6.47. The molecule has 6 nitrogen and oxygen atoms in total. The summed E-state index contributed by atoms with van der Waals surface area (Å²) in [4.78, 5) is 0.119. The van der Waals surface area contributed by atoms with E-state index < -0.39 is 10.0 Å². The minimum absolute atomic E-state index is 0. The van der Waals surface area contributed by atoms with Crippen LogP contribution in [0.3, 0.4) is 0 Å². The average Bonchev–Trinajstić information content (AvgIpc) is 2.46. The van der Waals surface area contributed by atoms with Gasteiger partial charge in [-0.3, -0.25) is 0 Å². The van der Waals surface area contributed by atoms with E-state index in [1.165, 1.54) is 24.6 Å². The Bertz CT molecular complexity index is 580. The molecule has 2 rings (SSSR count). The smallest absolute Gasteiger partial charge is 0.246 e. The van der Waals surface area contributed by atoms with Crippen LogP contribution in [0.1, 0.15) is 12.8 Å². The minimum atomic E-state index is -3.62. The first-order chi connectivity index (χ1) is 9.48. The van der Waals surface area contributed by atoms with Gasteiger partial charge in [-0.25, -0.2) is 8.42 Å². The number of ether oxygens (including phenoxy) is 2. The molecule has 0 radical (unpaired) electrons. The molecule has 1 heterocycles. The monoisotopic (exact) mass is 336 g/mol. The predicted molar refractivity (Wildman–Crippen MR) is 82.8 cm³/mol. The molecule has 1 saturated heterocycles. The Morgan fingerprint density at radius 3 is 2.57 bits per heavy atom. The standard InChI is InChI=1S/C13H20N2O4S.ClH/c1-18-11-5-6-12(19-2)13(8-11)20(16,17)15-7-3-4-10(14)9-15;/h5-6,8,10H,3-4,7,9,14H2,1-2H3;1H/t10-;/m1./s1. The lowest BCUT2D eigenvalue weighted by Gasteiger charge is -2.30. The Hall–Kier alpha value is -1.02. The van der Waals surface area contributed by atoms with Gasteiger partial charge in [0.1, 0.15) is 16.4 Å². The zero-order chi connectivity index (χ0) is 14.8. The van der Waals surface area contributed by atoms with E-state index in [-0.39, 0.29) is 23.3 Å². The lowest BCUT2D eigenvalue weighted by molar-refractivity contribution is 0.313. The Morgan fingerprint density at radius 1 is 1.29 bits per heavy atom. The normalized spacial score (nSPS) is 19.7. The van der Waals surface area contributed by atoms with Crippen molar-refractivity contribution in [2.24, 2.45) is 5.73 Å². The molecule has 2 N–H and O–H groups in total. The van der Waals surface area contributed by atoms with Crippen LogP contribution < -0.4 is 15.2 Å². The van der Waals surface area contributed by atoms with Gasteiger partial charge in [0.15, 0.2) is 0 Å². The van der Waals surface area contributed by atoms with E-state index in [1.54, 1.807) is 12.1 Å². The van der Waals surface area contributed by atoms with Gasteiger partial charge in [0.05, 0.1) is 14.2 Å². The van der Waals surface area contributed by atoms with Gasteiger partial charge in [-0.2, -0.15) is 4.31 Å². The fourth-order valence-electron chi connectivity index (χ4n) is 2.32. The van der Waals surface area contributed by atoms with Crippen LogP contribution in [0.4, 0.5) is 0 Å². The first-order valence-corrected chi connectivity index (χ1v) is 7.91. The number of nitrogens with two attached hydrogens (primary N) is 1. The summed E-state index contributed by atoms with van der Waals surface area (Å²) in [6.07, 6.45) is 1.62. The third-order valence-electron chi connectivity index (χ3n) is 3.41. The average molecular weight is 337 g/mol. The summed E-state index contributed by atoms with van der Waals surface area (Å²) < 4.78 is 37.1. The molecule has 0 aliphatic carbocycles. The van der Waals surface area contributed by atoms with Crippen LogP contribution in [0.2, 0.25) is 0 Å². The van der Waals surface area contributed by atoms with Gasteiger partial charge in [-0.15, -0.1) is 12.4 Å². The Labute approximate surface area is 131 Å². The van der Waals surface area contributed by atoms with Crippen molar-refractivity contribution >= 4 is 22.4 Å². The Kier molecular flexibility index (Phi) is 6.27. The van der Waals surface area contributed by atoms with E-state index in [1.807, 2.05) is 0 Å². The van der Waals surface area contributed by atoms with Crippen molar-refractivity contribution in [3.8, 4) is 11.5 Å². The third kappa shape index (κ3) is 3.79. The summed E-state index contributed by atoms with van der Waals surface area (Å²) in [6.45, 7) is 0.819. The first kappa shape index (κ1) is 18.0. The Balaban J connectivity index is 0.00000220. The topological polar surface area (TPSA) is 81.9 Å². The van der Waals surface area contributed by atoms with Crippen LogP contribution in [0, 0.1) is 0 Å². The molecule has 1 aromatic carbocycles. The second-order valence-electron chi connectivity index (χ2n) is 4.78. The maximum atomic E-state index is 12.7. The largest absolute Gasteiger partial charge is 0.497 e. The molecule has 21 heavy (non-hydrogen) atoms. The second kappa shape index (κ2) is 7.31. The molecule has 1 fully saturated rings. The fourth-order valence-corrected chi connectivity index (χ4v) is 4.02. The molecule has 0 aromatic heterocycles. The number of halogens is 1. The molecule has 0 amide bonds. The highest BCUT2D eigenvalue weighted by atomic mass is 35.5. The summed E-state index contributed by atoms with van der Waals surface area (Å²) in [5.74, 6) is 0.788. The Morgan fingerprint density at radius 2 is 2.00 bits per heavy atom. The molecule has 0 unspecified atom stereocenters. The van der Waals surface area contributed by atoms with Crippen LogP contribution in [0.25, 0.3) is 0 Å². The van der Waals surface area contributed by atoms with Crippen molar-refractivity contribution in [2.45, 2.75) is 23.8 Å². The van der Waals surface area contributed by atoms with E-state index in [2.05, 4.69) is 0 Å². The minimum Gasteiger partial charge on any atom is -0.497 e. The quantitative estimate of drug-likeness (QED) is 0.894. The van der Waals surface area contributed by atoms with Gasteiger partial charge in [0.25, 0.3) is 0 Å². The van der Waals surface area contributed by atoms with Crippen LogP contribution >= 0.6 is 12.4 Å². The van der Waals surface area contributed by atoms with E-state index >= 15 is 0 Å². The third-order valence-corrected chi connectivity index (χ3v) is 5.30. The predicted octanol–water partition coefficient (Wildman–Crippen LogP) is 1.24. The lowest BCUT2D eigenvalue weighted by Crippen LogP contribution is -2.45. The molecule has 120 valence electrons. The lowest BCUT2D eigenvalue weighted by atomic mass is 10.1. The zero-order valence-corrected chi connectivity index (χ0v) is 13.7. The van der Waals surface area contributed by atoms with Crippen LogP contribution in [0.5, 0.6) is 11.5 Å². The van der Waals surface area contributed by atoms with Crippen molar-refractivity contribution in [3.05, 3.63) is 18.2 Å². The highest BCUT2D eigenvalue weighted by Gasteiger charge is 2.31. The summed E-state index contributed by atoms with van der Waals surface area (Å²) in [6, 6.07) is 4.62. The molecular formula is C13H21ClN2O4S. The van der Waals surface area contributed by atoms with Crippen molar-refractivity contribution in [1.29, 1.82) is 0 Å². The molecule has 8 heteroatoms. The highest BCUT2D eigenvalue weighted by Crippen LogP contribution is 2.31. The molecule has 0 bridgehead atoms. The number of hydrogen-bond donors (Lipinski definition) is 1. The molecule has 0 spiro atoms. The number of nitrogens with zero attached hydrogens (tertiary/aromatic N) is 1. The molecular weight excluding hydrogens is 316 g/mol. The number of hydrogen-bond acceptors (Lipinski definition) is 5. The summed E-state index contributed by atoms with van der Waals surface area (Å²) in [5.41, 5.74) is 5.86. The van der Waals surface area contributed by atoms with E-state index in [9.17, 15) is 8.42 Å². The van der Waals surface area contributed by atoms with E-state index in [0.717, 1.165) is 12.8 Å². The number of benzene rings is 1. The number of piperidine rings is 1. The van der Waals surface area contributed by atoms with Gasteiger partial charge < -0.3 is 15.2 Å². The van der Waals surface area contributed by atoms with Crippen molar-refractivity contribution in [2.75, 3.05) is 27.3 Å². The summed E-state index contributed by atoms with van der Waals surface area (Å²) in [7, 11) is -0.680. The summed E-state index contributed by atoms with van der Waals surface area (Å²) in [5, 5.41) is 0. The molecule has 1 atom stereocenters. The molecule has 1 aliphatic rings. The van der Waals surface area contributed by atoms with Crippen LogP contribution in [-0.4, -0.2) is 46.1 Å². The summed E-state index contributed by atoms with van der Waals surface area (Å²) >= 11 is 0. The molecule has 0 saturated carbocycles. The number of methoxy groups -OCH3 is 2. The highest BCUT2D eigenvalue weighted by molar-refractivity contribution is 7.89. The molecule has 1 aromatic rings. The van der Waals surface area contributed by atoms with E-state index in [0.29, 0.717) is 24.6 Å². The SMILES string of the molecule is COc1ccc(OC)c(S(=O)(=O)N2CCC[C@@H](N)C2)c1.Cl. The van der Waals surface area contributed by atoms with Crippen LogP contribution in [0.15, 0.2) is 23.1 Å². The van der Waals surface area contributed by atoms with Crippen LogP contribution in [-0.2, 0) is 10.0 Å². The van der Waals surface area contributed by atoms with Crippen molar-refractivity contribution in [3.63, 3.8) is 0 Å². The zero-order valence-electron chi connectivity index (χ0n) is 12.1. The second-order valence-corrected chi connectivity index (χ2v) is 6.69. The van der Waals surface area contributed by atoms with Gasteiger partial charge in [-0.05, 0) is 25.0 Å². The van der Waals surface area contributed by atoms with E-state index in [4.69, 9.17) is 15.2 Å².